The Labute approximate surface area is 108 Å². The molecular formula is C9H5ClF4N4O. The third kappa shape index (κ3) is 2.92. The van der Waals surface area contributed by atoms with Gasteiger partial charge in [0.25, 0.3) is 0 Å². The maximum absolute atomic E-state index is 13.9. The van der Waals surface area contributed by atoms with Crippen molar-refractivity contribution in [2.45, 2.75) is 12.2 Å². The fraction of sp³-hybridized carbons (Fsp3) is 0.222. The zero-order chi connectivity index (χ0) is 14.0. The van der Waals surface area contributed by atoms with E-state index in [-0.39, 0.29) is 17.1 Å². The van der Waals surface area contributed by atoms with Crippen LogP contribution in [0.3, 0.4) is 0 Å². The summed E-state index contributed by atoms with van der Waals surface area (Å²) in [6.45, 7) is 0. The Hall–Kier alpha value is -1.90. The molecule has 2 aromatic rings. The maximum atomic E-state index is 13.9. The molecule has 19 heavy (non-hydrogen) atoms. The van der Waals surface area contributed by atoms with Crippen molar-refractivity contribution in [3.8, 4) is 11.4 Å². The molecule has 0 atom stereocenters. The standard InChI is InChI=1S/C9H5ClF4N4O/c10-3-5-6(18-4-15-16-17-18)1-2-7(8(5)11)19-9(12,13)14/h1-2,4H,3H2. The first kappa shape index (κ1) is 13.5. The number of nitrogens with zero attached hydrogens (tertiary/aromatic N) is 4. The molecule has 0 radical (unpaired) electrons. The van der Waals surface area contributed by atoms with Crippen molar-refractivity contribution < 1.29 is 22.3 Å². The number of tetrazole rings is 1. The van der Waals surface area contributed by atoms with Gasteiger partial charge in [0, 0.05) is 5.56 Å². The van der Waals surface area contributed by atoms with Crippen LogP contribution in [0.15, 0.2) is 18.5 Å². The average Bonchev–Trinajstić information content (AvgIpc) is 2.83. The van der Waals surface area contributed by atoms with Gasteiger partial charge in [-0.1, -0.05) is 0 Å². The molecule has 0 fully saturated rings. The van der Waals surface area contributed by atoms with Crippen LogP contribution >= 0.6 is 11.6 Å². The fourth-order valence-electron chi connectivity index (χ4n) is 1.41. The molecule has 5 nitrogen and oxygen atoms in total. The molecule has 0 unspecified atom stereocenters. The fourth-order valence-corrected chi connectivity index (χ4v) is 1.66. The quantitative estimate of drug-likeness (QED) is 0.645. The Morgan fingerprint density at radius 3 is 2.58 bits per heavy atom. The minimum absolute atomic E-state index is 0.132. The van der Waals surface area contributed by atoms with Gasteiger partial charge >= 0.3 is 6.36 Å². The summed E-state index contributed by atoms with van der Waals surface area (Å²) < 4.78 is 54.7. The van der Waals surface area contributed by atoms with Gasteiger partial charge in [0.2, 0.25) is 0 Å². The van der Waals surface area contributed by atoms with Crippen LogP contribution in [0.25, 0.3) is 5.69 Å². The van der Waals surface area contributed by atoms with Crippen LogP contribution in [0, 0.1) is 5.82 Å². The smallest absolute Gasteiger partial charge is 0.403 e. The zero-order valence-electron chi connectivity index (χ0n) is 9.03. The molecule has 0 aliphatic rings. The van der Waals surface area contributed by atoms with Crippen LogP contribution in [-0.2, 0) is 5.88 Å². The molecule has 0 aliphatic carbocycles. The normalized spacial score (nSPS) is 11.6. The molecule has 0 saturated carbocycles. The first-order valence-corrected chi connectivity index (χ1v) is 5.32. The van der Waals surface area contributed by atoms with Gasteiger partial charge in [-0.3, -0.25) is 0 Å². The summed E-state index contributed by atoms with van der Waals surface area (Å²) in [5.41, 5.74) is -0.0669. The average molecular weight is 297 g/mol. The van der Waals surface area contributed by atoms with Crippen LogP contribution in [0.4, 0.5) is 17.6 Å². The minimum Gasteiger partial charge on any atom is -0.403 e. The van der Waals surface area contributed by atoms with Gasteiger partial charge < -0.3 is 4.74 Å². The first-order chi connectivity index (χ1) is 8.92. The summed E-state index contributed by atoms with van der Waals surface area (Å²) in [5.74, 6) is -2.53. The zero-order valence-corrected chi connectivity index (χ0v) is 9.78. The summed E-state index contributed by atoms with van der Waals surface area (Å²) in [6.07, 6.45) is -3.82. The summed E-state index contributed by atoms with van der Waals surface area (Å²) in [4.78, 5) is 0. The molecule has 1 heterocycles. The van der Waals surface area contributed by atoms with E-state index in [1.807, 2.05) is 0 Å². The van der Waals surface area contributed by atoms with Crippen LogP contribution in [0.2, 0.25) is 0 Å². The van der Waals surface area contributed by atoms with E-state index >= 15 is 0 Å². The Morgan fingerprint density at radius 2 is 2.05 bits per heavy atom. The molecular weight excluding hydrogens is 292 g/mol. The van der Waals surface area contributed by atoms with Gasteiger partial charge in [-0.25, -0.2) is 9.07 Å². The van der Waals surface area contributed by atoms with Crippen molar-refractivity contribution in [3.05, 3.63) is 29.8 Å². The van der Waals surface area contributed by atoms with Crippen molar-refractivity contribution in [1.29, 1.82) is 0 Å². The number of alkyl halides is 4. The monoisotopic (exact) mass is 296 g/mol. The van der Waals surface area contributed by atoms with E-state index in [0.29, 0.717) is 0 Å². The number of benzene rings is 1. The van der Waals surface area contributed by atoms with Gasteiger partial charge in [0.05, 0.1) is 11.6 Å². The molecule has 102 valence electrons. The highest BCUT2D eigenvalue weighted by Gasteiger charge is 2.33. The lowest BCUT2D eigenvalue weighted by Crippen LogP contribution is -2.18. The third-order valence-corrected chi connectivity index (χ3v) is 2.41. The second-order valence-electron chi connectivity index (χ2n) is 3.31. The van der Waals surface area contributed by atoms with Gasteiger partial charge in [0.15, 0.2) is 11.6 Å². The van der Waals surface area contributed by atoms with E-state index in [2.05, 4.69) is 20.3 Å². The number of aromatic nitrogens is 4. The molecule has 0 spiro atoms. The Balaban J connectivity index is 2.48. The van der Waals surface area contributed by atoms with E-state index in [1.54, 1.807) is 0 Å². The molecule has 1 aromatic heterocycles. The van der Waals surface area contributed by atoms with Gasteiger partial charge in [-0.05, 0) is 22.6 Å². The Morgan fingerprint density at radius 1 is 1.32 bits per heavy atom. The van der Waals surface area contributed by atoms with E-state index < -0.39 is 17.9 Å². The van der Waals surface area contributed by atoms with Crippen molar-refractivity contribution in [3.63, 3.8) is 0 Å². The molecule has 0 bridgehead atoms. The van der Waals surface area contributed by atoms with Crippen molar-refractivity contribution in [2.75, 3.05) is 0 Å². The lowest BCUT2D eigenvalue weighted by atomic mass is 10.1. The van der Waals surface area contributed by atoms with Gasteiger partial charge in [-0.2, -0.15) is 0 Å². The lowest BCUT2D eigenvalue weighted by Gasteiger charge is -2.13. The number of rotatable bonds is 3. The van der Waals surface area contributed by atoms with Crippen molar-refractivity contribution in [1.82, 2.24) is 20.2 Å². The molecule has 0 amide bonds. The summed E-state index contributed by atoms with van der Waals surface area (Å²) in [7, 11) is 0. The number of hydrogen-bond acceptors (Lipinski definition) is 4. The highest BCUT2D eigenvalue weighted by atomic mass is 35.5. The van der Waals surface area contributed by atoms with E-state index in [9.17, 15) is 17.6 Å². The highest BCUT2D eigenvalue weighted by Crippen LogP contribution is 2.31. The summed E-state index contributed by atoms with van der Waals surface area (Å²) in [6, 6.07) is 2.01. The number of halogens is 5. The molecule has 10 heteroatoms. The summed E-state index contributed by atoms with van der Waals surface area (Å²) in [5, 5.41) is 10.2. The van der Waals surface area contributed by atoms with E-state index in [0.717, 1.165) is 17.1 Å². The second kappa shape index (κ2) is 5.00. The van der Waals surface area contributed by atoms with Crippen molar-refractivity contribution >= 4 is 11.6 Å². The second-order valence-corrected chi connectivity index (χ2v) is 3.58. The molecule has 0 saturated heterocycles. The number of ether oxygens (including phenoxy) is 1. The SMILES string of the molecule is Fc1c(OC(F)(F)F)ccc(-n2cnnn2)c1CCl. The molecule has 2 rings (SSSR count). The highest BCUT2D eigenvalue weighted by molar-refractivity contribution is 6.17. The predicted octanol–water partition coefficient (Wildman–Crippen LogP) is 2.44. The van der Waals surface area contributed by atoms with Gasteiger partial charge in [0.1, 0.15) is 6.33 Å². The van der Waals surface area contributed by atoms with Crippen LogP contribution in [0.1, 0.15) is 5.56 Å². The Bertz CT molecular complexity index is 572. The largest absolute Gasteiger partial charge is 0.573 e. The van der Waals surface area contributed by atoms with Crippen LogP contribution in [0.5, 0.6) is 5.75 Å². The molecule has 0 N–H and O–H groups in total. The van der Waals surface area contributed by atoms with Gasteiger partial charge in [-0.15, -0.1) is 29.9 Å². The topological polar surface area (TPSA) is 52.8 Å². The van der Waals surface area contributed by atoms with E-state index in [1.165, 1.54) is 6.07 Å². The van der Waals surface area contributed by atoms with Crippen LogP contribution in [-0.4, -0.2) is 26.6 Å². The minimum atomic E-state index is -4.99. The number of hydrogen-bond donors (Lipinski definition) is 0. The molecule has 0 aliphatic heterocycles. The van der Waals surface area contributed by atoms with E-state index in [4.69, 9.17) is 11.6 Å². The molecule has 1 aromatic carbocycles. The Kier molecular flexibility index (Phi) is 3.56. The van der Waals surface area contributed by atoms with Crippen LogP contribution < -0.4 is 4.74 Å². The maximum Gasteiger partial charge on any atom is 0.573 e. The van der Waals surface area contributed by atoms with Crippen molar-refractivity contribution in [2.24, 2.45) is 0 Å². The third-order valence-electron chi connectivity index (χ3n) is 2.14. The first-order valence-electron chi connectivity index (χ1n) is 4.79. The predicted molar refractivity (Wildman–Crippen MR) is 55.4 cm³/mol. The summed E-state index contributed by atoms with van der Waals surface area (Å²) >= 11 is 5.54. The lowest BCUT2D eigenvalue weighted by molar-refractivity contribution is -0.275.